The summed E-state index contributed by atoms with van der Waals surface area (Å²) in [6.07, 6.45) is 0. The molecule has 6 heteroatoms. The predicted molar refractivity (Wildman–Crippen MR) is 78.6 cm³/mol. The molecule has 0 aliphatic heterocycles. The second kappa shape index (κ2) is 6.50. The van der Waals surface area contributed by atoms with Gasteiger partial charge in [0.2, 0.25) is 0 Å². The largest absolute Gasteiger partial charge is 0.493 e. The second-order valence-electron chi connectivity index (χ2n) is 4.26. The zero-order chi connectivity index (χ0) is 15.6. The van der Waals surface area contributed by atoms with Crippen molar-refractivity contribution in [2.45, 2.75) is 5.38 Å². The van der Waals surface area contributed by atoms with Crippen LogP contribution in [0.2, 0.25) is 5.02 Å². The van der Waals surface area contributed by atoms with E-state index in [2.05, 4.69) is 0 Å². The Kier molecular flexibility index (Phi) is 4.91. The van der Waals surface area contributed by atoms with E-state index in [0.717, 1.165) is 12.1 Å². The molecule has 0 fully saturated rings. The molecule has 0 aromatic heterocycles. The summed E-state index contributed by atoms with van der Waals surface area (Å²) in [6.45, 7) is 0. The Labute approximate surface area is 131 Å². The summed E-state index contributed by atoms with van der Waals surface area (Å²) in [4.78, 5) is 0. The van der Waals surface area contributed by atoms with Crippen molar-refractivity contribution in [3.63, 3.8) is 0 Å². The van der Waals surface area contributed by atoms with Crippen LogP contribution in [0.4, 0.5) is 8.78 Å². The van der Waals surface area contributed by atoms with E-state index in [9.17, 15) is 8.78 Å². The lowest BCUT2D eigenvalue weighted by molar-refractivity contribution is 0.351. The number of hydrogen-bond acceptors (Lipinski definition) is 2. The zero-order valence-corrected chi connectivity index (χ0v) is 12.8. The van der Waals surface area contributed by atoms with Crippen molar-refractivity contribution in [3.8, 4) is 11.5 Å². The Balaban J connectivity index is 2.50. The van der Waals surface area contributed by atoms with Crippen molar-refractivity contribution < 1.29 is 18.3 Å². The van der Waals surface area contributed by atoms with Gasteiger partial charge in [-0.15, -0.1) is 11.6 Å². The van der Waals surface area contributed by atoms with E-state index >= 15 is 0 Å². The van der Waals surface area contributed by atoms with Crippen molar-refractivity contribution >= 4 is 23.2 Å². The fourth-order valence-corrected chi connectivity index (χ4v) is 2.44. The van der Waals surface area contributed by atoms with E-state index in [-0.39, 0.29) is 21.9 Å². The summed E-state index contributed by atoms with van der Waals surface area (Å²) in [7, 11) is 2.82. The predicted octanol–water partition coefficient (Wildman–Crippen LogP) is 4.96. The van der Waals surface area contributed by atoms with Gasteiger partial charge in [0.05, 0.1) is 19.6 Å². The van der Waals surface area contributed by atoms with E-state index in [1.807, 2.05) is 0 Å². The van der Waals surface area contributed by atoms with Gasteiger partial charge in [0, 0.05) is 22.2 Å². The monoisotopic (exact) mass is 332 g/mol. The van der Waals surface area contributed by atoms with Crippen LogP contribution in [0, 0.1) is 11.6 Å². The lowest BCUT2D eigenvalue weighted by Gasteiger charge is -2.15. The Morgan fingerprint density at radius 1 is 0.905 bits per heavy atom. The fourth-order valence-electron chi connectivity index (χ4n) is 1.94. The average Bonchev–Trinajstić information content (AvgIpc) is 2.46. The van der Waals surface area contributed by atoms with Crippen LogP contribution in [-0.4, -0.2) is 14.2 Å². The standard InChI is InChI=1S/C15H12Cl2F2O2/c1-20-13-6-10(12(19)7-14(13)21-2)15(17)9-4-3-8(16)5-11(9)18/h3-7,15H,1-2H3. The molecule has 112 valence electrons. The minimum absolute atomic E-state index is 0.0931. The summed E-state index contributed by atoms with van der Waals surface area (Å²) in [5, 5.41) is -0.769. The third-order valence-corrected chi connectivity index (χ3v) is 3.72. The van der Waals surface area contributed by atoms with Crippen LogP contribution in [0.3, 0.4) is 0 Å². The molecule has 21 heavy (non-hydrogen) atoms. The Morgan fingerprint density at radius 3 is 2.05 bits per heavy atom. The van der Waals surface area contributed by atoms with Crippen molar-refractivity contribution in [2.75, 3.05) is 14.2 Å². The first kappa shape index (κ1) is 15.9. The molecule has 0 heterocycles. The lowest BCUT2D eigenvalue weighted by Crippen LogP contribution is -2.02. The third-order valence-electron chi connectivity index (χ3n) is 3.01. The first-order chi connectivity index (χ1) is 9.97. The lowest BCUT2D eigenvalue weighted by atomic mass is 10.0. The SMILES string of the molecule is COc1cc(F)c(C(Cl)c2ccc(Cl)cc2F)cc1OC. The van der Waals surface area contributed by atoms with Gasteiger partial charge in [-0.2, -0.15) is 0 Å². The first-order valence-corrected chi connectivity index (χ1v) is 6.79. The van der Waals surface area contributed by atoms with E-state index in [0.29, 0.717) is 5.75 Å². The Hall–Kier alpha value is -1.52. The van der Waals surface area contributed by atoms with Crippen molar-refractivity contribution in [1.29, 1.82) is 0 Å². The van der Waals surface area contributed by atoms with Gasteiger partial charge in [0.25, 0.3) is 0 Å². The van der Waals surface area contributed by atoms with E-state index in [1.54, 1.807) is 0 Å². The summed E-state index contributed by atoms with van der Waals surface area (Å²) in [5.41, 5.74) is 0.225. The van der Waals surface area contributed by atoms with Gasteiger partial charge in [-0.3, -0.25) is 0 Å². The van der Waals surface area contributed by atoms with Gasteiger partial charge in [0.15, 0.2) is 11.5 Å². The number of rotatable bonds is 4. The Bertz CT molecular complexity index is 662. The van der Waals surface area contributed by atoms with E-state index in [4.69, 9.17) is 32.7 Å². The van der Waals surface area contributed by atoms with E-state index < -0.39 is 17.0 Å². The normalized spacial score (nSPS) is 12.1. The molecule has 2 nitrogen and oxygen atoms in total. The van der Waals surface area contributed by atoms with Crippen LogP contribution in [0.1, 0.15) is 16.5 Å². The minimum Gasteiger partial charge on any atom is -0.493 e. The highest BCUT2D eigenvalue weighted by Gasteiger charge is 2.21. The number of methoxy groups -OCH3 is 2. The molecular weight excluding hydrogens is 321 g/mol. The maximum absolute atomic E-state index is 14.1. The topological polar surface area (TPSA) is 18.5 Å². The van der Waals surface area contributed by atoms with Crippen LogP contribution in [0.25, 0.3) is 0 Å². The molecule has 0 aliphatic rings. The number of ether oxygens (including phenoxy) is 2. The van der Waals surface area contributed by atoms with Gasteiger partial charge in [-0.25, -0.2) is 8.78 Å². The Morgan fingerprint density at radius 2 is 1.48 bits per heavy atom. The maximum Gasteiger partial charge on any atom is 0.163 e. The fraction of sp³-hybridized carbons (Fsp3) is 0.200. The van der Waals surface area contributed by atoms with Crippen LogP contribution in [-0.2, 0) is 0 Å². The number of alkyl halides is 1. The van der Waals surface area contributed by atoms with Crippen molar-refractivity contribution in [1.82, 2.24) is 0 Å². The molecular formula is C15H12Cl2F2O2. The van der Waals surface area contributed by atoms with Crippen molar-refractivity contribution in [2.24, 2.45) is 0 Å². The molecule has 0 saturated carbocycles. The third kappa shape index (κ3) is 3.22. The van der Waals surface area contributed by atoms with Crippen LogP contribution >= 0.6 is 23.2 Å². The molecule has 1 unspecified atom stereocenters. The van der Waals surface area contributed by atoms with Crippen molar-refractivity contribution in [3.05, 3.63) is 58.1 Å². The molecule has 0 spiro atoms. The summed E-state index contributed by atoms with van der Waals surface area (Å²) < 4.78 is 38.1. The number of benzene rings is 2. The van der Waals surface area contributed by atoms with E-state index in [1.165, 1.54) is 32.4 Å². The zero-order valence-electron chi connectivity index (χ0n) is 11.3. The number of halogens is 4. The molecule has 2 rings (SSSR count). The molecule has 0 saturated heterocycles. The quantitative estimate of drug-likeness (QED) is 0.736. The smallest absolute Gasteiger partial charge is 0.163 e. The number of hydrogen-bond donors (Lipinski definition) is 0. The van der Waals surface area contributed by atoms with Crippen LogP contribution in [0.5, 0.6) is 11.5 Å². The molecule has 0 radical (unpaired) electrons. The van der Waals surface area contributed by atoms with Gasteiger partial charge < -0.3 is 9.47 Å². The molecule has 0 amide bonds. The first-order valence-electron chi connectivity index (χ1n) is 5.98. The molecule has 0 bridgehead atoms. The molecule has 2 aromatic rings. The maximum atomic E-state index is 14.1. The highest BCUT2D eigenvalue weighted by Crippen LogP contribution is 2.38. The summed E-state index contributed by atoms with van der Waals surface area (Å²) >= 11 is 11.9. The van der Waals surface area contributed by atoms with Gasteiger partial charge in [-0.05, 0) is 18.2 Å². The minimum atomic E-state index is -1.01. The van der Waals surface area contributed by atoms with Gasteiger partial charge in [-0.1, -0.05) is 17.7 Å². The molecule has 2 aromatic carbocycles. The summed E-state index contributed by atoms with van der Waals surface area (Å²) in [5.74, 6) is -0.660. The average molecular weight is 333 g/mol. The van der Waals surface area contributed by atoms with Crippen LogP contribution in [0.15, 0.2) is 30.3 Å². The second-order valence-corrected chi connectivity index (χ2v) is 5.13. The van der Waals surface area contributed by atoms with Gasteiger partial charge in [0.1, 0.15) is 11.6 Å². The molecule has 0 N–H and O–H groups in total. The van der Waals surface area contributed by atoms with Crippen LogP contribution < -0.4 is 9.47 Å². The highest BCUT2D eigenvalue weighted by atomic mass is 35.5. The highest BCUT2D eigenvalue weighted by molar-refractivity contribution is 6.30. The molecule has 0 aliphatic carbocycles. The van der Waals surface area contributed by atoms with Gasteiger partial charge >= 0.3 is 0 Å². The molecule has 1 atom stereocenters. The summed E-state index contributed by atoms with van der Waals surface area (Å²) in [6, 6.07) is 6.58.